The van der Waals surface area contributed by atoms with E-state index in [4.69, 9.17) is 4.52 Å². The van der Waals surface area contributed by atoms with Crippen molar-refractivity contribution in [3.63, 3.8) is 0 Å². The van der Waals surface area contributed by atoms with Crippen LogP contribution in [0.15, 0.2) is 33.3 Å². The maximum atomic E-state index is 5.02. The van der Waals surface area contributed by atoms with E-state index < -0.39 is 0 Å². The molecule has 0 amide bonds. The lowest BCUT2D eigenvalue weighted by Gasteiger charge is -1.87. The molecule has 0 aliphatic rings. The van der Waals surface area contributed by atoms with Gasteiger partial charge in [-0.3, -0.25) is 0 Å². The zero-order valence-corrected chi connectivity index (χ0v) is 10.1. The molecule has 0 saturated carbocycles. The monoisotopic (exact) mass is 277 g/mol. The lowest BCUT2D eigenvalue weighted by Crippen LogP contribution is -1.77. The number of rotatable bonds is 1. The first-order valence-electron chi connectivity index (χ1n) is 4.81. The van der Waals surface area contributed by atoms with Crippen LogP contribution in [0.3, 0.4) is 0 Å². The standard InChI is InChI=1S/C11H8BrN3O/c1-6-4-10(15-16-6)11-13-8-3-2-7(12)5-9(8)14-11/h2-5H,1H3,(H,13,14). The van der Waals surface area contributed by atoms with Crippen LogP contribution in [-0.2, 0) is 0 Å². The molecule has 2 heterocycles. The summed E-state index contributed by atoms with van der Waals surface area (Å²) in [7, 11) is 0. The highest BCUT2D eigenvalue weighted by Gasteiger charge is 2.09. The Morgan fingerprint density at radius 2 is 2.19 bits per heavy atom. The SMILES string of the molecule is Cc1cc(-c2nc3ccc(Br)cc3[nH]2)no1. The molecule has 4 nitrogen and oxygen atoms in total. The number of hydrogen-bond donors (Lipinski definition) is 1. The van der Waals surface area contributed by atoms with Crippen molar-refractivity contribution >= 4 is 27.0 Å². The summed E-state index contributed by atoms with van der Waals surface area (Å²) in [4.78, 5) is 7.64. The van der Waals surface area contributed by atoms with Gasteiger partial charge in [0.05, 0.1) is 11.0 Å². The zero-order valence-electron chi connectivity index (χ0n) is 8.49. The van der Waals surface area contributed by atoms with Gasteiger partial charge in [-0.25, -0.2) is 4.98 Å². The molecule has 0 bridgehead atoms. The van der Waals surface area contributed by atoms with Gasteiger partial charge >= 0.3 is 0 Å². The third-order valence-electron chi connectivity index (χ3n) is 2.31. The molecule has 80 valence electrons. The number of nitrogens with one attached hydrogen (secondary N) is 1. The number of aryl methyl sites for hydroxylation is 1. The number of fused-ring (bicyclic) bond motifs is 1. The van der Waals surface area contributed by atoms with Gasteiger partial charge in [0.2, 0.25) is 0 Å². The molecule has 0 aliphatic carbocycles. The molecule has 1 aromatic carbocycles. The van der Waals surface area contributed by atoms with E-state index in [0.717, 1.165) is 32.8 Å². The van der Waals surface area contributed by atoms with E-state index in [1.165, 1.54) is 0 Å². The summed E-state index contributed by atoms with van der Waals surface area (Å²) >= 11 is 3.42. The van der Waals surface area contributed by atoms with Gasteiger partial charge in [-0.2, -0.15) is 0 Å². The van der Waals surface area contributed by atoms with Crippen molar-refractivity contribution in [2.75, 3.05) is 0 Å². The summed E-state index contributed by atoms with van der Waals surface area (Å²) in [5.74, 6) is 1.50. The highest BCUT2D eigenvalue weighted by molar-refractivity contribution is 9.10. The summed E-state index contributed by atoms with van der Waals surface area (Å²) in [6.45, 7) is 1.86. The minimum Gasteiger partial charge on any atom is -0.361 e. The second-order valence-corrected chi connectivity index (χ2v) is 4.49. The van der Waals surface area contributed by atoms with Gasteiger partial charge in [-0.15, -0.1) is 0 Å². The average molecular weight is 278 g/mol. The highest BCUT2D eigenvalue weighted by atomic mass is 79.9. The Labute approximate surface area is 99.8 Å². The molecule has 0 spiro atoms. The van der Waals surface area contributed by atoms with Crippen molar-refractivity contribution in [1.82, 2.24) is 15.1 Å². The van der Waals surface area contributed by atoms with Crippen molar-refractivity contribution in [3.05, 3.63) is 34.5 Å². The van der Waals surface area contributed by atoms with Crippen molar-refractivity contribution in [2.24, 2.45) is 0 Å². The molecule has 16 heavy (non-hydrogen) atoms. The molecule has 1 N–H and O–H groups in total. The number of aromatic amines is 1. The van der Waals surface area contributed by atoms with E-state index in [-0.39, 0.29) is 0 Å². The Bertz CT molecular complexity index is 656. The second kappa shape index (κ2) is 3.45. The minimum absolute atomic E-state index is 0.727. The molecular weight excluding hydrogens is 270 g/mol. The first-order chi connectivity index (χ1) is 7.72. The Morgan fingerprint density at radius 3 is 2.94 bits per heavy atom. The Hall–Kier alpha value is -1.62. The van der Waals surface area contributed by atoms with Crippen LogP contribution < -0.4 is 0 Å². The van der Waals surface area contributed by atoms with Gasteiger partial charge in [0.15, 0.2) is 5.82 Å². The number of benzene rings is 1. The largest absolute Gasteiger partial charge is 0.361 e. The zero-order chi connectivity index (χ0) is 11.1. The molecule has 0 radical (unpaired) electrons. The van der Waals surface area contributed by atoms with Crippen LogP contribution >= 0.6 is 15.9 Å². The summed E-state index contributed by atoms with van der Waals surface area (Å²) in [6.07, 6.45) is 0. The molecule has 2 aromatic heterocycles. The van der Waals surface area contributed by atoms with Gasteiger partial charge < -0.3 is 9.51 Å². The van der Waals surface area contributed by atoms with Gasteiger partial charge in [-0.1, -0.05) is 21.1 Å². The smallest absolute Gasteiger partial charge is 0.160 e. The predicted molar refractivity (Wildman–Crippen MR) is 64.0 cm³/mol. The predicted octanol–water partition coefficient (Wildman–Crippen LogP) is 3.29. The summed E-state index contributed by atoms with van der Waals surface area (Å²) in [5.41, 5.74) is 2.62. The molecular formula is C11H8BrN3O. The lowest BCUT2D eigenvalue weighted by molar-refractivity contribution is 0.399. The van der Waals surface area contributed by atoms with Crippen molar-refractivity contribution in [3.8, 4) is 11.5 Å². The van der Waals surface area contributed by atoms with Crippen LogP contribution in [0.1, 0.15) is 5.76 Å². The van der Waals surface area contributed by atoms with Gasteiger partial charge in [0.1, 0.15) is 11.5 Å². The van der Waals surface area contributed by atoms with E-state index in [2.05, 4.69) is 31.1 Å². The van der Waals surface area contributed by atoms with Crippen LogP contribution in [0.25, 0.3) is 22.6 Å². The topological polar surface area (TPSA) is 54.7 Å². The van der Waals surface area contributed by atoms with Crippen LogP contribution in [-0.4, -0.2) is 15.1 Å². The molecule has 0 saturated heterocycles. The third kappa shape index (κ3) is 1.53. The number of halogens is 1. The molecule has 0 aliphatic heterocycles. The van der Waals surface area contributed by atoms with E-state index >= 15 is 0 Å². The van der Waals surface area contributed by atoms with E-state index in [1.807, 2.05) is 31.2 Å². The fourth-order valence-electron chi connectivity index (χ4n) is 1.58. The van der Waals surface area contributed by atoms with Crippen molar-refractivity contribution in [2.45, 2.75) is 6.92 Å². The fraction of sp³-hybridized carbons (Fsp3) is 0.0909. The first kappa shape index (κ1) is 9.59. The second-order valence-electron chi connectivity index (χ2n) is 3.57. The maximum absolute atomic E-state index is 5.02. The number of aromatic nitrogens is 3. The number of nitrogens with zero attached hydrogens (tertiary/aromatic N) is 2. The summed E-state index contributed by atoms with van der Waals surface area (Å²) in [5, 5.41) is 3.92. The van der Waals surface area contributed by atoms with Crippen molar-refractivity contribution in [1.29, 1.82) is 0 Å². The van der Waals surface area contributed by atoms with Gasteiger partial charge in [-0.05, 0) is 25.1 Å². The Balaban J connectivity index is 2.18. The molecule has 0 fully saturated rings. The lowest BCUT2D eigenvalue weighted by atomic mass is 10.3. The van der Waals surface area contributed by atoms with Gasteiger partial charge in [0.25, 0.3) is 0 Å². The quantitative estimate of drug-likeness (QED) is 0.743. The van der Waals surface area contributed by atoms with Crippen molar-refractivity contribution < 1.29 is 4.52 Å². The normalized spacial score (nSPS) is 11.1. The summed E-state index contributed by atoms with van der Waals surface area (Å²) in [6, 6.07) is 7.75. The first-order valence-corrected chi connectivity index (χ1v) is 5.60. The van der Waals surface area contributed by atoms with E-state index in [9.17, 15) is 0 Å². The summed E-state index contributed by atoms with van der Waals surface area (Å²) < 4.78 is 6.04. The number of hydrogen-bond acceptors (Lipinski definition) is 3. The fourth-order valence-corrected chi connectivity index (χ4v) is 1.94. The number of imidazole rings is 1. The Morgan fingerprint density at radius 1 is 1.31 bits per heavy atom. The molecule has 3 rings (SSSR count). The molecule has 0 atom stereocenters. The average Bonchev–Trinajstić information content (AvgIpc) is 2.83. The van der Waals surface area contributed by atoms with Crippen LogP contribution in [0.4, 0.5) is 0 Å². The molecule has 3 aromatic rings. The van der Waals surface area contributed by atoms with E-state index in [0.29, 0.717) is 0 Å². The van der Waals surface area contributed by atoms with E-state index in [1.54, 1.807) is 0 Å². The molecule has 5 heteroatoms. The highest BCUT2D eigenvalue weighted by Crippen LogP contribution is 2.22. The van der Waals surface area contributed by atoms with Crippen LogP contribution in [0.2, 0.25) is 0 Å². The maximum Gasteiger partial charge on any atom is 0.160 e. The Kier molecular flexibility index (Phi) is 2.07. The van der Waals surface area contributed by atoms with Gasteiger partial charge in [0, 0.05) is 10.5 Å². The number of H-pyrrole nitrogens is 1. The molecule has 0 unspecified atom stereocenters. The van der Waals surface area contributed by atoms with Crippen LogP contribution in [0.5, 0.6) is 0 Å². The third-order valence-corrected chi connectivity index (χ3v) is 2.81. The minimum atomic E-state index is 0.727. The van der Waals surface area contributed by atoms with Crippen LogP contribution in [0, 0.1) is 6.92 Å².